The van der Waals surface area contributed by atoms with E-state index in [4.69, 9.17) is 14.8 Å². The number of hydrogen-bond acceptors (Lipinski definition) is 15. The van der Waals surface area contributed by atoms with E-state index in [2.05, 4.69) is 24.2 Å². The molecule has 1 aromatic heterocycles. The molecule has 1 aliphatic carbocycles. The van der Waals surface area contributed by atoms with Crippen LogP contribution in [-0.2, 0) is 32.0 Å². The van der Waals surface area contributed by atoms with Crippen molar-refractivity contribution in [3.8, 4) is 0 Å². The van der Waals surface area contributed by atoms with Crippen LogP contribution in [0.5, 0.6) is 0 Å². The Bertz CT molecular complexity index is 1380. The molecule has 3 rings (SSSR count). The lowest BCUT2D eigenvalue weighted by molar-refractivity contribution is -0.133. The summed E-state index contributed by atoms with van der Waals surface area (Å²) in [6.07, 6.45) is -11.5. The maximum Gasteiger partial charge on any atom is 0.481 e. The molecule has 11 unspecified atom stereocenters. The Balaban J connectivity index is 1.67. The molecule has 0 aromatic carbocycles. The first-order chi connectivity index (χ1) is 19.6. The predicted molar refractivity (Wildman–Crippen MR) is 132 cm³/mol. The van der Waals surface area contributed by atoms with Crippen molar-refractivity contribution in [2.75, 3.05) is 19.8 Å². The second-order valence-electron chi connectivity index (χ2n) is 9.16. The molecule has 2 heterocycles. The van der Waals surface area contributed by atoms with Crippen molar-refractivity contribution in [1.82, 2.24) is 14.9 Å². The first-order valence-corrected chi connectivity index (χ1v) is 14.9. The number of H-pyrrole nitrogens is 1. The van der Waals surface area contributed by atoms with E-state index in [1.807, 2.05) is 4.98 Å². The van der Waals surface area contributed by atoms with Crippen molar-refractivity contribution < 1.29 is 67.3 Å². The summed E-state index contributed by atoms with van der Waals surface area (Å²) in [5, 5.41) is 55.6. The van der Waals surface area contributed by atoms with Gasteiger partial charge in [0.1, 0.15) is 31.0 Å². The summed E-state index contributed by atoms with van der Waals surface area (Å²) < 4.78 is 44.8. The number of ether oxygens (including phenoxy) is 1. The van der Waals surface area contributed by atoms with Crippen molar-refractivity contribution in [3.05, 3.63) is 43.5 Å². The van der Waals surface area contributed by atoms with Gasteiger partial charge in [0.2, 0.25) is 5.91 Å². The van der Waals surface area contributed by atoms with Gasteiger partial charge in [-0.15, -0.1) is 0 Å². The van der Waals surface area contributed by atoms with Crippen molar-refractivity contribution >= 4 is 21.6 Å². The van der Waals surface area contributed by atoms with Gasteiger partial charge in [-0.05, 0) is 12.0 Å². The number of azide groups is 1. The van der Waals surface area contributed by atoms with Crippen LogP contribution in [-0.4, -0.2) is 113 Å². The minimum atomic E-state index is -5.61. The molecule has 2 aliphatic rings. The highest BCUT2D eigenvalue weighted by Crippen LogP contribution is 2.61. The van der Waals surface area contributed by atoms with Gasteiger partial charge in [0.15, 0.2) is 6.23 Å². The van der Waals surface area contributed by atoms with Gasteiger partial charge in [-0.25, -0.2) is 13.9 Å². The molecule has 22 nitrogen and oxygen atoms in total. The van der Waals surface area contributed by atoms with E-state index in [1.54, 1.807) is 0 Å². The molecule has 1 amide bonds. The molecule has 1 aliphatic heterocycles. The largest absolute Gasteiger partial charge is 0.481 e. The van der Waals surface area contributed by atoms with Crippen molar-refractivity contribution in [3.63, 3.8) is 0 Å². The van der Waals surface area contributed by atoms with Crippen molar-refractivity contribution in [2.45, 2.75) is 55.3 Å². The van der Waals surface area contributed by atoms with Gasteiger partial charge in [-0.3, -0.25) is 28.2 Å². The monoisotopic (exact) mass is 646 g/mol. The summed E-state index contributed by atoms with van der Waals surface area (Å²) in [6.45, 7) is -2.54. The third kappa shape index (κ3) is 8.31. The number of hydrogen-bond donors (Lipinski definition) is 9. The van der Waals surface area contributed by atoms with Gasteiger partial charge < -0.3 is 45.4 Å². The summed E-state index contributed by atoms with van der Waals surface area (Å²) in [7, 11) is -11.1. The number of amides is 1. The second kappa shape index (κ2) is 13.8. The summed E-state index contributed by atoms with van der Waals surface area (Å²) in [5.41, 5.74) is 6.58. The quantitative estimate of drug-likeness (QED) is 0.0456. The van der Waals surface area contributed by atoms with E-state index in [0.717, 1.165) is 16.8 Å². The van der Waals surface area contributed by atoms with Gasteiger partial charge in [-0.2, -0.15) is 4.31 Å². The maximum atomic E-state index is 12.6. The smallest absolute Gasteiger partial charge is 0.396 e. The number of carbonyl (C=O) groups is 1. The third-order valence-electron chi connectivity index (χ3n) is 6.32. The number of nitrogens with one attached hydrogen (secondary N) is 2. The van der Waals surface area contributed by atoms with E-state index in [9.17, 15) is 58.8 Å². The Morgan fingerprint density at radius 1 is 1.17 bits per heavy atom. The van der Waals surface area contributed by atoms with Crippen LogP contribution in [0.1, 0.15) is 12.6 Å². The highest BCUT2D eigenvalue weighted by Gasteiger charge is 2.49. The van der Waals surface area contributed by atoms with Gasteiger partial charge in [0.05, 0.1) is 24.9 Å². The van der Waals surface area contributed by atoms with E-state index >= 15 is 0 Å². The zero-order valence-corrected chi connectivity index (χ0v) is 23.0. The first-order valence-electron chi connectivity index (χ1n) is 11.9. The molecule has 1 saturated heterocycles. The number of phosphoric acid groups is 2. The number of phosphoric ester groups is 2. The van der Waals surface area contributed by atoms with Gasteiger partial charge >= 0.3 is 21.3 Å². The van der Waals surface area contributed by atoms with Crippen LogP contribution in [0.4, 0.5) is 0 Å². The maximum absolute atomic E-state index is 12.6. The number of carbonyl (C=O) groups excluding carboxylic acids is 1. The molecule has 236 valence electrons. The highest BCUT2D eigenvalue weighted by atomic mass is 31.3. The van der Waals surface area contributed by atoms with Crippen molar-refractivity contribution in [2.24, 2.45) is 11.0 Å². The average Bonchev–Trinajstić information content (AvgIpc) is 3.18. The average molecular weight is 646 g/mol. The number of aromatic amines is 1. The van der Waals surface area contributed by atoms with Gasteiger partial charge in [0.25, 0.3) is 5.56 Å². The summed E-state index contributed by atoms with van der Waals surface area (Å²) >= 11 is 0. The molecule has 2 fully saturated rings. The number of aliphatic hydroxyl groups excluding tert-OH is 5. The Kier molecular flexibility index (Phi) is 11.2. The fraction of sp³-hybridized carbons (Fsp3) is 0.722. The Hall–Kier alpha value is -2.52. The Labute approximate surface area is 233 Å². The molecule has 9 N–H and O–H groups in total. The van der Waals surface area contributed by atoms with E-state index < -0.39 is 114 Å². The van der Waals surface area contributed by atoms with E-state index in [-0.39, 0.29) is 0 Å². The SMILES string of the molecule is [N-]=[N+]=NCC(=O)NC1C(OP(=O)(O)OP(=O)(O)OCC2OC(n3ccc(=O)[nH]c3=O)C(O)C2O)CC(CO)C(O)C1O. The summed E-state index contributed by atoms with van der Waals surface area (Å²) in [5.74, 6) is -2.13. The molecule has 11 atom stereocenters. The molecule has 0 radical (unpaired) electrons. The number of aliphatic hydroxyl groups is 5. The van der Waals surface area contributed by atoms with Gasteiger partial charge in [0, 0.05) is 29.7 Å². The topological polar surface area (TPSA) is 345 Å². The normalized spacial score (nSPS) is 34.1. The number of rotatable bonds is 12. The zero-order chi connectivity index (χ0) is 31.4. The molecule has 0 spiro atoms. The molecule has 1 saturated carbocycles. The third-order valence-corrected chi connectivity index (χ3v) is 8.98. The van der Waals surface area contributed by atoms with Gasteiger partial charge in [-0.1, -0.05) is 5.11 Å². The second-order valence-corrected chi connectivity index (χ2v) is 12.2. The molecule has 1 aromatic rings. The lowest BCUT2D eigenvalue weighted by atomic mass is 9.80. The first kappa shape index (κ1) is 34.0. The zero-order valence-electron chi connectivity index (χ0n) is 21.2. The fourth-order valence-electron chi connectivity index (χ4n) is 4.33. The fourth-order valence-corrected chi connectivity index (χ4v) is 6.61. The molecular weight excluding hydrogens is 618 g/mol. The Morgan fingerprint density at radius 3 is 2.48 bits per heavy atom. The standard InChI is InChI=1S/C18H28N6O16P2/c19-23-20-4-11(27)21-12-8(3-7(5-25)13(28)15(12)30)39-42(35,36)40-41(33,34)37-6-9-14(29)16(31)17(38-9)24-2-1-10(26)22-18(24)32/h1-2,7-9,12-17,25,28-31H,3-6H2,(H,21,27)(H,33,34)(H,35,36)(H,22,26,32). The lowest BCUT2D eigenvalue weighted by Crippen LogP contribution is -2.61. The van der Waals surface area contributed by atoms with Crippen LogP contribution in [0.2, 0.25) is 0 Å². The number of aromatic nitrogens is 2. The lowest BCUT2D eigenvalue weighted by Gasteiger charge is -2.42. The molecular formula is C18H28N6O16P2. The predicted octanol–water partition coefficient (Wildman–Crippen LogP) is -3.70. The van der Waals surface area contributed by atoms with E-state index in [1.165, 1.54) is 0 Å². The van der Waals surface area contributed by atoms with Crippen LogP contribution in [0, 0.1) is 5.92 Å². The Morgan fingerprint density at radius 2 is 1.86 bits per heavy atom. The van der Waals surface area contributed by atoms with Crippen LogP contribution in [0.15, 0.2) is 27.0 Å². The minimum absolute atomic E-state index is 0.475. The summed E-state index contributed by atoms with van der Waals surface area (Å²) in [4.78, 5) is 59.7. The minimum Gasteiger partial charge on any atom is -0.396 e. The van der Waals surface area contributed by atoms with Crippen molar-refractivity contribution in [1.29, 1.82) is 0 Å². The van der Waals surface area contributed by atoms with Crippen LogP contribution in [0.25, 0.3) is 10.4 Å². The summed E-state index contributed by atoms with van der Waals surface area (Å²) in [6, 6.07) is -0.725. The molecule has 24 heteroatoms. The molecule has 0 bridgehead atoms. The van der Waals surface area contributed by atoms with Crippen LogP contribution in [0.3, 0.4) is 0 Å². The highest BCUT2D eigenvalue weighted by molar-refractivity contribution is 7.61. The molecule has 42 heavy (non-hydrogen) atoms. The van der Waals surface area contributed by atoms with Crippen LogP contribution < -0.4 is 16.6 Å². The number of nitrogens with zero attached hydrogens (tertiary/aromatic N) is 4. The van der Waals surface area contributed by atoms with E-state index in [0.29, 0.717) is 0 Å². The van der Waals surface area contributed by atoms with Crippen LogP contribution >= 0.6 is 15.6 Å².